The van der Waals surface area contributed by atoms with E-state index in [2.05, 4.69) is 17.1 Å². The van der Waals surface area contributed by atoms with Crippen LogP contribution in [0, 0.1) is 0 Å². The number of carboxylic acid groups (broad SMARTS) is 1. The van der Waals surface area contributed by atoms with Gasteiger partial charge in [-0.25, -0.2) is 4.79 Å². The van der Waals surface area contributed by atoms with Gasteiger partial charge >= 0.3 is 5.97 Å². The first-order valence-corrected chi connectivity index (χ1v) is 5.79. The molecule has 0 fully saturated rings. The largest absolute Gasteiger partial charge is 0.478 e. The smallest absolute Gasteiger partial charge is 0.337 e. The fraction of sp³-hybridized carbons (Fsp3) is 0.417. The maximum atomic E-state index is 10.9. The van der Waals surface area contributed by atoms with E-state index in [1.54, 1.807) is 22.7 Å². The lowest BCUT2D eigenvalue weighted by Gasteiger charge is -2.00. The van der Waals surface area contributed by atoms with Gasteiger partial charge in [0.2, 0.25) is 0 Å². The van der Waals surface area contributed by atoms with Crippen LogP contribution in [0.2, 0.25) is 0 Å². The van der Waals surface area contributed by atoms with Gasteiger partial charge in [-0.05, 0) is 18.6 Å². The Morgan fingerprint density at radius 3 is 2.88 bits per heavy atom. The minimum absolute atomic E-state index is 0.258. The van der Waals surface area contributed by atoms with Crippen LogP contribution in [0.1, 0.15) is 42.4 Å². The standard InChI is InChI=1S/C12H15N3O2/c1-2-3-4-5-10-13-14-11-7-6-9(12(16)17)8-15(10)11/h6-8H,2-5H2,1H3,(H,16,17). The molecule has 0 aliphatic carbocycles. The first kappa shape index (κ1) is 11.6. The number of fused-ring (bicyclic) bond motifs is 1. The molecule has 17 heavy (non-hydrogen) atoms. The monoisotopic (exact) mass is 233 g/mol. The van der Waals surface area contributed by atoms with E-state index in [1.807, 2.05) is 0 Å². The first-order chi connectivity index (χ1) is 8.22. The van der Waals surface area contributed by atoms with Gasteiger partial charge in [0.15, 0.2) is 5.65 Å². The maximum Gasteiger partial charge on any atom is 0.337 e. The third-order valence-electron chi connectivity index (χ3n) is 2.72. The lowest BCUT2D eigenvalue weighted by Crippen LogP contribution is -2.01. The maximum absolute atomic E-state index is 10.9. The molecular formula is C12H15N3O2. The second-order valence-corrected chi connectivity index (χ2v) is 4.02. The molecule has 5 nitrogen and oxygen atoms in total. The molecule has 0 spiro atoms. The summed E-state index contributed by atoms with van der Waals surface area (Å²) in [6.45, 7) is 2.14. The average molecular weight is 233 g/mol. The van der Waals surface area contributed by atoms with Crippen molar-refractivity contribution in [3.8, 4) is 0 Å². The molecule has 5 heteroatoms. The predicted octanol–water partition coefficient (Wildman–Crippen LogP) is 2.16. The molecule has 2 aromatic heterocycles. The van der Waals surface area contributed by atoms with Gasteiger partial charge in [-0.1, -0.05) is 19.8 Å². The Balaban J connectivity index is 2.30. The number of rotatable bonds is 5. The molecule has 1 N–H and O–H groups in total. The topological polar surface area (TPSA) is 67.5 Å². The summed E-state index contributed by atoms with van der Waals surface area (Å²) < 4.78 is 1.76. The zero-order valence-electron chi connectivity index (χ0n) is 9.76. The van der Waals surface area contributed by atoms with Crippen LogP contribution in [0.3, 0.4) is 0 Å². The van der Waals surface area contributed by atoms with Crippen molar-refractivity contribution in [2.75, 3.05) is 0 Å². The van der Waals surface area contributed by atoms with Crippen LogP contribution in [0.4, 0.5) is 0 Å². The van der Waals surface area contributed by atoms with Gasteiger partial charge in [-0.15, -0.1) is 10.2 Å². The third-order valence-corrected chi connectivity index (χ3v) is 2.72. The van der Waals surface area contributed by atoms with Crippen molar-refractivity contribution < 1.29 is 9.90 Å². The van der Waals surface area contributed by atoms with Crippen molar-refractivity contribution in [3.05, 3.63) is 29.7 Å². The molecule has 0 atom stereocenters. The van der Waals surface area contributed by atoms with Crippen molar-refractivity contribution >= 4 is 11.6 Å². The van der Waals surface area contributed by atoms with Crippen molar-refractivity contribution in [2.24, 2.45) is 0 Å². The van der Waals surface area contributed by atoms with Gasteiger partial charge in [0.25, 0.3) is 0 Å². The SMILES string of the molecule is CCCCCc1nnc2ccc(C(=O)O)cn12. The Hall–Kier alpha value is -1.91. The minimum Gasteiger partial charge on any atom is -0.478 e. The Morgan fingerprint density at radius 2 is 2.18 bits per heavy atom. The van der Waals surface area contributed by atoms with E-state index in [4.69, 9.17) is 5.11 Å². The molecule has 0 saturated carbocycles. The average Bonchev–Trinajstić information content (AvgIpc) is 2.72. The molecule has 0 amide bonds. The number of hydrogen-bond acceptors (Lipinski definition) is 3. The van der Waals surface area contributed by atoms with Crippen LogP contribution in [-0.2, 0) is 6.42 Å². The number of carboxylic acids is 1. The van der Waals surface area contributed by atoms with Crippen LogP contribution in [0.15, 0.2) is 18.3 Å². The van der Waals surface area contributed by atoms with Crippen molar-refractivity contribution in [1.82, 2.24) is 14.6 Å². The lowest BCUT2D eigenvalue weighted by atomic mass is 10.2. The number of pyridine rings is 1. The highest BCUT2D eigenvalue weighted by molar-refractivity contribution is 5.87. The summed E-state index contributed by atoms with van der Waals surface area (Å²) in [7, 11) is 0. The Bertz CT molecular complexity index is 534. The number of hydrogen-bond donors (Lipinski definition) is 1. The fourth-order valence-electron chi connectivity index (χ4n) is 1.77. The van der Waals surface area contributed by atoms with Gasteiger partial charge in [0, 0.05) is 12.6 Å². The molecule has 0 saturated heterocycles. The Morgan fingerprint density at radius 1 is 1.35 bits per heavy atom. The third kappa shape index (κ3) is 2.43. The Labute approximate surface area is 99.1 Å². The van der Waals surface area contributed by atoms with Crippen LogP contribution in [-0.4, -0.2) is 25.7 Å². The Kier molecular flexibility index (Phi) is 3.37. The molecule has 2 rings (SSSR count). The highest BCUT2D eigenvalue weighted by Crippen LogP contribution is 2.10. The van der Waals surface area contributed by atoms with Crippen molar-refractivity contribution in [2.45, 2.75) is 32.6 Å². The molecule has 2 aromatic rings. The van der Waals surface area contributed by atoms with E-state index in [-0.39, 0.29) is 5.56 Å². The number of aromatic nitrogens is 3. The normalized spacial score (nSPS) is 10.9. The number of aromatic carboxylic acids is 1. The predicted molar refractivity (Wildman–Crippen MR) is 63.2 cm³/mol. The van der Waals surface area contributed by atoms with Crippen LogP contribution < -0.4 is 0 Å². The number of unbranched alkanes of at least 4 members (excludes halogenated alkanes) is 2. The van der Waals surface area contributed by atoms with E-state index in [1.165, 1.54) is 0 Å². The first-order valence-electron chi connectivity index (χ1n) is 5.79. The van der Waals surface area contributed by atoms with E-state index < -0.39 is 5.97 Å². The summed E-state index contributed by atoms with van der Waals surface area (Å²) in [5.74, 6) is -0.100. The molecular weight excluding hydrogens is 218 g/mol. The molecule has 0 aliphatic rings. The minimum atomic E-state index is -0.930. The highest BCUT2D eigenvalue weighted by atomic mass is 16.4. The van der Waals surface area contributed by atoms with E-state index in [0.29, 0.717) is 5.65 Å². The van der Waals surface area contributed by atoms with E-state index in [0.717, 1.165) is 31.5 Å². The van der Waals surface area contributed by atoms with Crippen LogP contribution in [0.25, 0.3) is 5.65 Å². The van der Waals surface area contributed by atoms with Crippen LogP contribution >= 0.6 is 0 Å². The van der Waals surface area contributed by atoms with Crippen molar-refractivity contribution in [1.29, 1.82) is 0 Å². The van der Waals surface area contributed by atoms with Crippen LogP contribution in [0.5, 0.6) is 0 Å². The zero-order chi connectivity index (χ0) is 12.3. The summed E-state index contributed by atoms with van der Waals surface area (Å²) in [6.07, 6.45) is 5.76. The molecule has 0 bridgehead atoms. The fourth-order valence-corrected chi connectivity index (χ4v) is 1.77. The summed E-state index contributed by atoms with van der Waals surface area (Å²) in [6, 6.07) is 3.22. The van der Waals surface area contributed by atoms with Gasteiger partial charge < -0.3 is 5.11 Å². The number of carbonyl (C=O) groups is 1. The summed E-state index contributed by atoms with van der Waals surface area (Å²) in [5, 5.41) is 17.0. The highest BCUT2D eigenvalue weighted by Gasteiger charge is 2.08. The second-order valence-electron chi connectivity index (χ2n) is 4.02. The van der Waals surface area contributed by atoms with Gasteiger partial charge in [-0.3, -0.25) is 4.40 Å². The molecule has 2 heterocycles. The molecule has 0 aromatic carbocycles. The number of aryl methyl sites for hydroxylation is 1. The molecule has 0 radical (unpaired) electrons. The van der Waals surface area contributed by atoms with E-state index >= 15 is 0 Å². The second kappa shape index (κ2) is 4.95. The molecule has 90 valence electrons. The summed E-state index contributed by atoms with van der Waals surface area (Å²) in [4.78, 5) is 10.9. The lowest BCUT2D eigenvalue weighted by molar-refractivity contribution is 0.0696. The quantitative estimate of drug-likeness (QED) is 0.803. The van der Waals surface area contributed by atoms with E-state index in [9.17, 15) is 4.79 Å². The molecule has 0 unspecified atom stereocenters. The summed E-state index contributed by atoms with van der Waals surface area (Å²) >= 11 is 0. The summed E-state index contributed by atoms with van der Waals surface area (Å²) in [5.41, 5.74) is 0.954. The molecule has 0 aliphatic heterocycles. The van der Waals surface area contributed by atoms with Gasteiger partial charge in [-0.2, -0.15) is 0 Å². The van der Waals surface area contributed by atoms with Gasteiger partial charge in [0.1, 0.15) is 5.82 Å². The zero-order valence-corrected chi connectivity index (χ0v) is 9.76. The van der Waals surface area contributed by atoms with Gasteiger partial charge in [0.05, 0.1) is 5.56 Å². The number of nitrogens with zero attached hydrogens (tertiary/aromatic N) is 3. The van der Waals surface area contributed by atoms with Crippen molar-refractivity contribution in [3.63, 3.8) is 0 Å².